The van der Waals surface area contributed by atoms with E-state index in [9.17, 15) is 0 Å². The Labute approximate surface area is 226 Å². The molecule has 0 aliphatic carbocycles. The van der Waals surface area contributed by atoms with Crippen molar-refractivity contribution < 1.29 is 9.47 Å². The van der Waals surface area contributed by atoms with E-state index >= 15 is 0 Å². The lowest BCUT2D eigenvalue weighted by Crippen LogP contribution is -2.22. The molecule has 1 N–H and O–H groups in total. The van der Waals surface area contributed by atoms with Crippen LogP contribution in [0.15, 0.2) is 35.5 Å². The molecule has 4 heterocycles. The number of aromatic nitrogens is 7. The fraction of sp³-hybridized carbons (Fsp3) is 0.333. The number of nitrogens with zero attached hydrogens (tertiary/aromatic N) is 9. The van der Waals surface area contributed by atoms with Gasteiger partial charge in [0.2, 0.25) is 5.82 Å². The number of tetrazole rings is 1. The molecule has 12 nitrogen and oxygen atoms in total. The Bertz CT molecular complexity index is 1630. The van der Waals surface area contributed by atoms with E-state index in [2.05, 4.69) is 35.5 Å². The Hall–Kier alpha value is -4.76. The highest BCUT2D eigenvalue weighted by atomic mass is 16.5. The summed E-state index contributed by atoms with van der Waals surface area (Å²) in [6, 6.07) is 7.64. The van der Waals surface area contributed by atoms with Crippen molar-refractivity contribution in [3.8, 4) is 17.1 Å². The molecule has 12 heteroatoms. The molecular weight excluding hydrogens is 496 g/mol. The summed E-state index contributed by atoms with van der Waals surface area (Å²) in [6.45, 7) is 13.3. The number of benzene rings is 1. The second-order valence-electron chi connectivity index (χ2n) is 9.63. The zero-order valence-corrected chi connectivity index (χ0v) is 22.6. The molecule has 1 aliphatic heterocycles. The molecule has 0 fully saturated rings. The Balaban J connectivity index is 1.52. The zero-order valence-electron chi connectivity index (χ0n) is 22.6. The Morgan fingerprint density at radius 2 is 1.97 bits per heavy atom. The summed E-state index contributed by atoms with van der Waals surface area (Å²) >= 11 is 0. The predicted octanol–water partition coefficient (Wildman–Crippen LogP) is 4.49. The molecule has 0 unspecified atom stereocenters. The molecule has 0 bridgehead atoms. The molecule has 0 saturated carbocycles. The van der Waals surface area contributed by atoms with Crippen LogP contribution in [0.25, 0.3) is 16.2 Å². The number of rotatable bonds is 8. The quantitative estimate of drug-likeness (QED) is 0.331. The second-order valence-corrected chi connectivity index (χ2v) is 9.63. The van der Waals surface area contributed by atoms with Crippen molar-refractivity contribution in [2.75, 3.05) is 19.5 Å². The topological polar surface area (TPSA) is 129 Å². The van der Waals surface area contributed by atoms with Gasteiger partial charge in [0.25, 0.3) is 5.82 Å². The molecule has 0 spiro atoms. The van der Waals surface area contributed by atoms with Gasteiger partial charge in [0, 0.05) is 19.2 Å². The third-order valence-corrected chi connectivity index (χ3v) is 6.43. The van der Waals surface area contributed by atoms with E-state index in [1.54, 1.807) is 27.5 Å². The first-order valence-corrected chi connectivity index (χ1v) is 12.3. The van der Waals surface area contributed by atoms with Gasteiger partial charge in [-0.25, -0.2) is 0 Å². The summed E-state index contributed by atoms with van der Waals surface area (Å²) in [5.74, 6) is 1.26. The third kappa shape index (κ3) is 5.04. The van der Waals surface area contributed by atoms with Gasteiger partial charge in [0.1, 0.15) is 5.69 Å². The maximum absolute atomic E-state index is 7.62. The van der Waals surface area contributed by atoms with Gasteiger partial charge in [-0.2, -0.15) is 4.80 Å². The van der Waals surface area contributed by atoms with Crippen LogP contribution < -0.4 is 10.1 Å². The zero-order chi connectivity index (χ0) is 27.7. The van der Waals surface area contributed by atoms with Crippen molar-refractivity contribution in [2.24, 2.45) is 12.0 Å². The van der Waals surface area contributed by atoms with Gasteiger partial charge >= 0.3 is 0 Å². The van der Waals surface area contributed by atoms with Crippen LogP contribution in [0.1, 0.15) is 43.5 Å². The first-order chi connectivity index (χ1) is 18.7. The number of nitrogens with one attached hydrogen (secondary N) is 1. The van der Waals surface area contributed by atoms with Crippen LogP contribution in [-0.2, 0) is 30.2 Å². The number of ether oxygens (including phenoxy) is 2. The smallest absolute Gasteiger partial charge is 0.294 e. The number of hydrogen-bond acceptors (Lipinski definition) is 10. The number of aliphatic imine (C=N–C) groups is 1. The predicted molar refractivity (Wildman–Crippen MR) is 146 cm³/mol. The van der Waals surface area contributed by atoms with Crippen molar-refractivity contribution in [1.29, 1.82) is 0 Å². The van der Waals surface area contributed by atoms with Gasteiger partial charge in [-0.3, -0.25) is 15.0 Å². The van der Waals surface area contributed by atoms with Crippen molar-refractivity contribution in [3.05, 3.63) is 64.7 Å². The van der Waals surface area contributed by atoms with Crippen LogP contribution in [0.2, 0.25) is 0 Å². The minimum atomic E-state index is -0.725. The van der Waals surface area contributed by atoms with Gasteiger partial charge in [0.05, 0.1) is 66.4 Å². The van der Waals surface area contributed by atoms with E-state index < -0.39 is 5.60 Å². The largest absolute Gasteiger partial charge is 0.494 e. The number of pyridine rings is 1. The highest BCUT2D eigenvalue weighted by Gasteiger charge is 2.27. The van der Waals surface area contributed by atoms with Crippen LogP contribution in [0.5, 0.6) is 5.75 Å². The van der Waals surface area contributed by atoms with E-state index in [1.807, 2.05) is 45.0 Å². The van der Waals surface area contributed by atoms with Gasteiger partial charge in [-0.05, 0) is 44.2 Å². The summed E-state index contributed by atoms with van der Waals surface area (Å²) < 4.78 is 11.3. The van der Waals surface area contributed by atoms with E-state index in [0.29, 0.717) is 41.4 Å². The van der Waals surface area contributed by atoms with E-state index in [1.165, 1.54) is 4.80 Å². The third-order valence-electron chi connectivity index (χ3n) is 6.43. The summed E-state index contributed by atoms with van der Waals surface area (Å²) in [6.07, 6.45) is 2.72. The lowest BCUT2D eigenvalue weighted by Gasteiger charge is -2.22. The van der Waals surface area contributed by atoms with E-state index in [-0.39, 0.29) is 5.82 Å². The van der Waals surface area contributed by atoms with Crippen molar-refractivity contribution >= 4 is 28.6 Å². The highest BCUT2D eigenvalue weighted by Crippen LogP contribution is 2.41. The standard InChI is InChI=1S/C27H28N10O2/c1-15-11-20-22(30-15)21(33-19-10-8-9-18(23(19)38-6)25-34-36-37(5)35-25)13-16(31-20)12-17-14-29-24(26(28-4)32-17)27(2,3)39-7/h8-10,13-14H,11-12H2,1-3,5-7H3,(H,31,33). The fourth-order valence-corrected chi connectivity index (χ4v) is 4.41. The molecule has 3 aromatic heterocycles. The van der Waals surface area contributed by atoms with E-state index in [4.69, 9.17) is 26.0 Å². The number of hydrogen-bond donors (Lipinski definition) is 1. The summed E-state index contributed by atoms with van der Waals surface area (Å²) in [4.78, 5) is 23.7. The van der Waals surface area contributed by atoms with Crippen LogP contribution in [-0.4, -0.2) is 55.1 Å². The number of fused-ring (bicyclic) bond motifs is 1. The molecule has 0 atom stereocenters. The van der Waals surface area contributed by atoms with Gasteiger partial charge in [0.15, 0.2) is 11.4 Å². The Morgan fingerprint density at radius 3 is 2.67 bits per heavy atom. The van der Waals surface area contributed by atoms with Crippen molar-refractivity contribution in [2.45, 2.75) is 39.2 Å². The van der Waals surface area contributed by atoms with Crippen molar-refractivity contribution in [3.63, 3.8) is 0 Å². The maximum atomic E-state index is 7.62. The lowest BCUT2D eigenvalue weighted by atomic mass is 10.0. The SMILES string of the molecule is [C-]#[N+]c1nc(Cc2cc(Nc3cccc(-c4nnn(C)n4)c3OC)c3c(n2)CC(C)=N3)cnc1C(C)(C)OC. The molecule has 198 valence electrons. The molecule has 0 amide bonds. The number of para-hydroxylation sites is 1. The Kier molecular flexibility index (Phi) is 6.76. The summed E-state index contributed by atoms with van der Waals surface area (Å²) in [5.41, 5.74) is 6.03. The van der Waals surface area contributed by atoms with Gasteiger partial charge in [-0.15, -0.1) is 15.2 Å². The van der Waals surface area contributed by atoms with E-state index in [0.717, 1.165) is 34.2 Å². The first-order valence-electron chi connectivity index (χ1n) is 12.3. The maximum Gasteiger partial charge on any atom is 0.294 e. The molecule has 1 aliphatic rings. The molecular formula is C27H28N10O2. The number of aryl methyl sites for hydroxylation is 1. The molecule has 0 saturated heterocycles. The van der Waals surface area contributed by atoms with Gasteiger partial charge < -0.3 is 19.6 Å². The monoisotopic (exact) mass is 524 g/mol. The molecule has 4 aromatic rings. The minimum absolute atomic E-state index is 0.220. The molecule has 1 aromatic carbocycles. The normalized spacial score (nSPS) is 12.6. The lowest BCUT2D eigenvalue weighted by molar-refractivity contribution is 0.0160. The minimum Gasteiger partial charge on any atom is -0.494 e. The van der Waals surface area contributed by atoms with Crippen molar-refractivity contribution in [1.82, 2.24) is 35.2 Å². The van der Waals surface area contributed by atoms with Crippen LogP contribution in [0.4, 0.5) is 22.9 Å². The summed E-state index contributed by atoms with van der Waals surface area (Å²) in [5, 5.41) is 15.9. The number of methoxy groups -OCH3 is 2. The molecule has 5 rings (SSSR count). The first kappa shape index (κ1) is 25.9. The van der Waals surface area contributed by atoms with Crippen LogP contribution >= 0.6 is 0 Å². The highest BCUT2D eigenvalue weighted by molar-refractivity contribution is 5.95. The summed E-state index contributed by atoms with van der Waals surface area (Å²) in [7, 11) is 4.91. The average molecular weight is 525 g/mol. The molecule has 39 heavy (non-hydrogen) atoms. The Morgan fingerprint density at radius 1 is 1.15 bits per heavy atom. The van der Waals surface area contributed by atoms with Crippen LogP contribution in [0, 0.1) is 6.57 Å². The van der Waals surface area contributed by atoms with Gasteiger partial charge in [-0.1, -0.05) is 12.6 Å². The fourth-order valence-electron chi connectivity index (χ4n) is 4.41. The molecule has 0 radical (unpaired) electrons. The number of anilines is 2. The second kappa shape index (κ2) is 10.2. The van der Waals surface area contributed by atoms with Crippen LogP contribution in [0.3, 0.4) is 0 Å². The average Bonchev–Trinajstić information content (AvgIpc) is 3.53.